The molecule has 0 aliphatic carbocycles. The Balaban J connectivity index is 2.91. The average molecular weight is 153 g/mol. The van der Waals surface area contributed by atoms with Crippen molar-refractivity contribution in [2.24, 2.45) is 0 Å². The van der Waals surface area contributed by atoms with E-state index in [1.807, 2.05) is 0 Å². The van der Waals surface area contributed by atoms with Crippen LogP contribution < -0.4 is 4.74 Å². The maximum absolute atomic E-state index is 9.16. The molecule has 0 spiro atoms. The fraction of sp³-hybridized carbons (Fsp3) is 0.375. The van der Waals surface area contributed by atoms with E-state index in [2.05, 4.69) is 4.98 Å². The third-order valence-electron chi connectivity index (χ3n) is 1.45. The number of aliphatic hydroxyl groups is 1. The summed E-state index contributed by atoms with van der Waals surface area (Å²) in [4.78, 5) is 3.91. The molecular formula is C8H11NO2. The summed E-state index contributed by atoms with van der Waals surface area (Å²) in [5.41, 5.74) is 0.817. The van der Waals surface area contributed by atoms with E-state index in [0.29, 0.717) is 5.88 Å². The van der Waals surface area contributed by atoms with E-state index in [9.17, 15) is 0 Å². The van der Waals surface area contributed by atoms with E-state index in [-0.39, 0.29) is 0 Å². The van der Waals surface area contributed by atoms with Crippen LogP contribution >= 0.6 is 0 Å². The Morgan fingerprint density at radius 1 is 1.64 bits per heavy atom. The van der Waals surface area contributed by atoms with Crippen LogP contribution in [0.15, 0.2) is 18.3 Å². The number of methoxy groups -OCH3 is 1. The van der Waals surface area contributed by atoms with Crippen molar-refractivity contribution in [1.82, 2.24) is 4.98 Å². The standard InChI is InChI=1S/C8H11NO2/c1-6(10)7-3-4-9-8(5-7)11-2/h3-6,10H,1-2H3/t6-/m1/s1. The van der Waals surface area contributed by atoms with Gasteiger partial charge in [0.05, 0.1) is 13.2 Å². The monoisotopic (exact) mass is 153 g/mol. The largest absolute Gasteiger partial charge is 0.481 e. The van der Waals surface area contributed by atoms with Crippen molar-refractivity contribution >= 4 is 0 Å². The van der Waals surface area contributed by atoms with Gasteiger partial charge in [-0.3, -0.25) is 0 Å². The summed E-state index contributed by atoms with van der Waals surface area (Å²) in [5, 5.41) is 9.16. The van der Waals surface area contributed by atoms with E-state index in [0.717, 1.165) is 5.56 Å². The van der Waals surface area contributed by atoms with Gasteiger partial charge in [-0.1, -0.05) is 0 Å². The van der Waals surface area contributed by atoms with Gasteiger partial charge in [-0.25, -0.2) is 4.98 Å². The van der Waals surface area contributed by atoms with Crippen molar-refractivity contribution in [1.29, 1.82) is 0 Å². The molecule has 0 radical (unpaired) electrons. The topological polar surface area (TPSA) is 42.4 Å². The molecule has 0 saturated heterocycles. The first-order valence-corrected chi connectivity index (χ1v) is 3.42. The van der Waals surface area contributed by atoms with Crippen molar-refractivity contribution in [2.45, 2.75) is 13.0 Å². The second kappa shape index (κ2) is 3.34. The number of rotatable bonds is 2. The lowest BCUT2D eigenvalue weighted by Crippen LogP contribution is -1.93. The molecule has 3 nitrogen and oxygen atoms in total. The van der Waals surface area contributed by atoms with Gasteiger partial charge in [0, 0.05) is 12.3 Å². The zero-order valence-electron chi connectivity index (χ0n) is 6.61. The minimum atomic E-state index is -0.466. The zero-order valence-corrected chi connectivity index (χ0v) is 6.61. The summed E-state index contributed by atoms with van der Waals surface area (Å²) in [7, 11) is 1.55. The Bertz CT molecular complexity index is 235. The van der Waals surface area contributed by atoms with Crippen LogP contribution in [-0.2, 0) is 0 Å². The highest BCUT2D eigenvalue weighted by molar-refractivity contribution is 5.21. The van der Waals surface area contributed by atoms with Gasteiger partial charge in [0.15, 0.2) is 0 Å². The number of aliphatic hydroxyl groups excluding tert-OH is 1. The maximum Gasteiger partial charge on any atom is 0.213 e. The van der Waals surface area contributed by atoms with Crippen LogP contribution in [0.5, 0.6) is 5.88 Å². The normalized spacial score (nSPS) is 12.6. The zero-order chi connectivity index (χ0) is 8.27. The van der Waals surface area contributed by atoms with Gasteiger partial charge in [-0.15, -0.1) is 0 Å². The molecule has 3 heteroatoms. The molecule has 0 aliphatic heterocycles. The van der Waals surface area contributed by atoms with Gasteiger partial charge in [0.2, 0.25) is 5.88 Å². The molecule has 0 bridgehead atoms. The van der Waals surface area contributed by atoms with Crippen molar-refractivity contribution in [2.75, 3.05) is 7.11 Å². The predicted molar refractivity (Wildman–Crippen MR) is 41.4 cm³/mol. The van der Waals surface area contributed by atoms with E-state index in [4.69, 9.17) is 9.84 Å². The van der Waals surface area contributed by atoms with Gasteiger partial charge in [0.1, 0.15) is 0 Å². The second-order valence-corrected chi connectivity index (χ2v) is 2.31. The molecule has 1 rings (SSSR count). The lowest BCUT2D eigenvalue weighted by atomic mass is 10.2. The van der Waals surface area contributed by atoms with Crippen molar-refractivity contribution < 1.29 is 9.84 Å². The number of hydrogen-bond donors (Lipinski definition) is 1. The van der Waals surface area contributed by atoms with Crippen LogP contribution in [0.2, 0.25) is 0 Å². The first-order chi connectivity index (χ1) is 5.24. The van der Waals surface area contributed by atoms with Crippen LogP contribution in [0, 0.1) is 0 Å². The van der Waals surface area contributed by atoms with Crippen molar-refractivity contribution in [3.8, 4) is 5.88 Å². The number of nitrogens with zero attached hydrogens (tertiary/aromatic N) is 1. The van der Waals surface area contributed by atoms with Crippen LogP contribution in [-0.4, -0.2) is 17.2 Å². The van der Waals surface area contributed by atoms with Crippen LogP contribution in [0.4, 0.5) is 0 Å². The van der Waals surface area contributed by atoms with Gasteiger partial charge >= 0.3 is 0 Å². The molecule has 0 unspecified atom stereocenters. The third kappa shape index (κ3) is 1.91. The quantitative estimate of drug-likeness (QED) is 0.692. The molecule has 0 aromatic carbocycles. The lowest BCUT2D eigenvalue weighted by molar-refractivity contribution is 0.198. The Labute approximate surface area is 65.7 Å². The summed E-state index contributed by atoms with van der Waals surface area (Å²) in [6.07, 6.45) is 1.15. The summed E-state index contributed by atoms with van der Waals surface area (Å²) < 4.78 is 4.88. The maximum atomic E-state index is 9.16. The summed E-state index contributed by atoms with van der Waals surface area (Å²) in [6, 6.07) is 3.47. The molecule has 0 amide bonds. The summed E-state index contributed by atoms with van der Waals surface area (Å²) >= 11 is 0. The number of hydrogen-bond acceptors (Lipinski definition) is 3. The summed E-state index contributed by atoms with van der Waals surface area (Å²) in [5.74, 6) is 0.531. The van der Waals surface area contributed by atoms with Gasteiger partial charge in [0.25, 0.3) is 0 Å². The molecule has 0 saturated carbocycles. The first kappa shape index (κ1) is 8.01. The Morgan fingerprint density at radius 3 is 2.91 bits per heavy atom. The van der Waals surface area contributed by atoms with Gasteiger partial charge in [-0.2, -0.15) is 0 Å². The first-order valence-electron chi connectivity index (χ1n) is 3.42. The molecular weight excluding hydrogens is 142 g/mol. The molecule has 0 fully saturated rings. The molecule has 11 heavy (non-hydrogen) atoms. The molecule has 1 N–H and O–H groups in total. The Kier molecular flexibility index (Phi) is 2.44. The van der Waals surface area contributed by atoms with Crippen molar-refractivity contribution in [3.63, 3.8) is 0 Å². The second-order valence-electron chi connectivity index (χ2n) is 2.31. The van der Waals surface area contributed by atoms with E-state index < -0.39 is 6.10 Å². The molecule has 1 aromatic rings. The van der Waals surface area contributed by atoms with Gasteiger partial charge in [-0.05, 0) is 18.6 Å². The van der Waals surface area contributed by atoms with Crippen LogP contribution in [0.25, 0.3) is 0 Å². The number of pyridine rings is 1. The highest BCUT2D eigenvalue weighted by atomic mass is 16.5. The fourth-order valence-corrected chi connectivity index (χ4v) is 0.796. The van der Waals surface area contributed by atoms with Gasteiger partial charge < -0.3 is 9.84 Å². The Hall–Kier alpha value is -1.09. The van der Waals surface area contributed by atoms with Crippen LogP contribution in [0.1, 0.15) is 18.6 Å². The predicted octanol–water partition coefficient (Wildman–Crippen LogP) is 1.14. The highest BCUT2D eigenvalue weighted by Gasteiger charge is 2.01. The van der Waals surface area contributed by atoms with E-state index in [1.165, 1.54) is 0 Å². The number of aromatic nitrogens is 1. The summed E-state index contributed by atoms with van der Waals surface area (Å²) in [6.45, 7) is 1.70. The highest BCUT2D eigenvalue weighted by Crippen LogP contribution is 2.15. The fourth-order valence-electron chi connectivity index (χ4n) is 0.796. The molecule has 1 aromatic heterocycles. The number of ether oxygens (including phenoxy) is 1. The van der Waals surface area contributed by atoms with Crippen LogP contribution in [0.3, 0.4) is 0 Å². The Morgan fingerprint density at radius 2 is 2.36 bits per heavy atom. The SMILES string of the molecule is COc1cc([C@@H](C)O)ccn1. The van der Waals surface area contributed by atoms with E-state index >= 15 is 0 Å². The minimum Gasteiger partial charge on any atom is -0.481 e. The van der Waals surface area contributed by atoms with E-state index in [1.54, 1.807) is 32.4 Å². The average Bonchev–Trinajstić information content (AvgIpc) is 2.05. The molecule has 1 heterocycles. The third-order valence-corrected chi connectivity index (χ3v) is 1.45. The van der Waals surface area contributed by atoms with Crippen molar-refractivity contribution in [3.05, 3.63) is 23.9 Å². The molecule has 60 valence electrons. The molecule has 1 atom stereocenters. The minimum absolute atomic E-state index is 0.466. The smallest absolute Gasteiger partial charge is 0.213 e. The molecule has 0 aliphatic rings. The lowest BCUT2D eigenvalue weighted by Gasteiger charge is -2.04.